The molecular weight excluding hydrogens is 599 g/mol. The Bertz CT molecular complexity index is 2590. The summed E-state index contributed by atoms with van der Waals surface area (Å²) in [7, 11) is 0. The van der Waals surface area contributed by atoms with Crippen molar-refractivity contribution in [2.45, 2.75) is 6.92 Å². The zero-order valence-corrected chi connectivity index (χ0v) is 26.7. The van der Waals surface area contributed by atoms with Gasteiger partial charge in [0.25, 0.3) is 0 Å². The molecule has 4 aromatic heterocycles. The molecule has 0 N–H and O–H groups in total. The van der Waals surface area contributed by atoms with Crippen molar-refractivity contribution in [1.29, 1.82) is 0 Å². The van der Waals surface area contributed by atoms with Crippen LogP contribution in [0.5, 0.6) is 0 Å². The molecule has 0 aliphatic heterocycles. The molecule has 9 rings (SSSR count). The highest BCUT2D eigenvalue weighted by Crippen LogP contribution is 2.37. The molecule has 230 valence electrons. The van der Waals surface area contributed by atoms with Crippen LogP contribution in [0.1, 0.15) is 5.69 Å². The van der Waals surface area contributed by atoms with E-state index in [1.807, 2.05) is 42.5 Å². The summed E-state index contributed by atoms with van der Waals surface area (Å²) in [6.07, 6.45) is 1.77. The van der Waals surface area contributed by atoms with E-state index in [-0.39, 0.29) is 0 Å². The van der Waals surface area contributed by atoms with Crippen molar-refractivity contribution in [3.63, 3.8) is 0 Å². The molecule has 0 radical (unpaired) electrons. The summed E-state index contributed by atoms with van der Waals surface area (Å²) < 4.78 is 0. The molecule has 0 aliphatic rings. The van der Waals surface area contributed by atoms with E-state index in [9.17, 15) is 0 Å². The van der Waals surface area contributed by atoms with Crippen LogP contribution in [0, 0.1) is 6.92 Å². The van der Waals surface area contributed by atoms with Crippen molar-refractivity contribution in [2.75, 3.05) is 0 Å². The van der Waals surface area contributed by atoms with E-state index in [1.165, 1.54) is 21.9 Å². The Balaban J connectivity index is 1.13. The summed E-state index contributed by atoms with van der Waals surface area (Å²) in [6.45, 7) is 2.06. The van der Waals surface area contributed by atoms with E-state index >= 15 is 0 Å². The lowest BCUT2D eigenvalue weighted by atomic mass is 9.94. The molecule has 0 unspecified atom stereocenters. The Kier molecular flexibility index (Phi) is 6.95. The van der Waals surface area contributed by atoms with Gasteiger partial charge in [-0.05, 0) is 59.2 Å². The zero-order chi connectivity index (χ0) is 32.7. The molecule has 0 saturated carbocycles. The third kappa shape index (κ3) is 5.28. The van der Waals surface area contributed by atoms with Crippen molar-refractivity contribution in [2.24, 2.45) is 0 Å². The predicted octanol–water partition coefficient (Wildman–Crippen LogP) is 10.8. The SMILES string of the molecule is Cc1cc(-c2cccc3ccccc23)c2ccc3ccc(-c4ccc(-c5cc(-c6ccccc6)nc(-c6ccccn6)n5)cc4)nc3c2n1. The molecule has 5 nitrogen and oxygen atoms in total. The van der Waals surface area contributed by atoms with Gasteiger partial charge in [0.15, 0.2) is 5.82 Å². The third-order valence-electron chi connectivity index (χ3n) is 9.01. The summed E-state index contributed by atoms with van der Waals surface area (Å²) in [5, 5.41) is 4.60. The van der Waals surface area contributed by atoms with Crippen LogP contribution < -0.4 is 0 Å². The number of nitrogens with zero attached hydrogens (tertiary/aromatic N) is 5. The normalized spacial score (nSPS) is 11.4. The number of aryl methyl sites for hydroxylation is 1. The second kappa shape index (κ2) is 11.9. The van der Waals surface area contributed by atoms with Crippen LogP contribution in [0.25, 0.3) is 89.0 Å². The fourth-order valence-corrected chi connectivity index (χ4v) is 6.62. The van der Waals surface area contributed by atoms with Crippen LogP contribution >= 0.6 is 0 Å². The number of pyridine rings is 3. The molecule has 49 heavy (non-hydrogen) atoms. The van der Waals surface area contributed by atoms with Crippen molar-refractivity contribution in [1.82, 2.24) is 24.9 Å². The van der Waals surface area contributed by atoms with E-state index in [1.54, 1.807) is 6.20 Å². The third-order valence-corrected chi connectivity index (χ3v) is 9.01. The predicted molar refractivity (Wildman–Crippen MR) is 200 cm³/mol. The number of hydrogen-bond donors (Lipinski definition) is 0. The first-order chi connectivity index (χ1) is 24.2. The van der Waals surface area contributed by atoms with Gasteiger partial charge in [-0.1, -0.05) is 121 Å². The Labute approximate surface area is 283 Å². The Hall–Kier alpha value is -6.59. The van der Waals surface area contributed by atoms with Gasteiger partial charge in [-0.25, -0.2) is 15.0 Å². The van der Waals surface area contributed by atoms with Crippen molar-refractivity contribution in [3.05, 3.63) is 164 Å². The first kappa shape index (κ1) is 28.6. The molecule has 5 aromatic carbocycles. The van der Waals surface area contributed by atoms with E-state index in [0.717, 1.165) is 67.0 Å². The van der Waals surface area contributed by atoms with Crippen molar-refractivity contribution >= 4 is 32.6 Å². The molecular formula is C44H29N5. The van der Waals surface area contributed by atoms with E-state index in [4.69, 9.17) is 19.9 Å². The lowest BCUT2D eigenvalue weighted by Crippen LogP contribution is -1.97. The number of fused-ring (bicyclic) bond motifs is 4. The Morgan fingerprint density at radius 2 is 1.08 bits per heavy atom. The Morgan fingerprint density at radius 3 is 1.88 bits per heavy atom. The van der Waals surface area contributed by atoms with Gasteiger partial charge in [-0.3, -0.25) is 9.97 Å². The van der Waals surface area contributed by atoms with E-state index in [0.29, 0.717) is 5.82 Å². The molecule has 4 heterocycles. The van der Waals surface area contributed by atoms with E-state index in [2.05, 4.69) is 121 Å². The minimum absolute atomic E-state index is 0.592. The highest BCUT2D eigenvalue weighted by molar-refractivity contribution is 6.11. The zero-order valence-electron chi connectivity index (χ0n) is 26.7. The van der Waals surface area contributed by atoms with Gasteiger partial charge in [-0.2, -0.15) is 0 Å². The van der Waals surface area contributed by atoms with Crippen LogP contribution in [0.2, 0.25) is 0 Å². The van der Waals surface area contributed by atoms with Crippen molar-refractivity contribution in [3.8, 4) is 56.4 Å². The van der Waals surface area contributed by atoms with Gasteiger partial charge < -0.3 is 0 Å². The molecule has 0 bridgehead atoms. The van der Waals surface area contributed by atoms with Crippen LogP contribution in [-0.4, -0.2) is 24.9 Å². The summed E-state index contributed by atoms with van der Waals surface area (Å²) in [6, 6.07) is 52.2. The molecule has 0 aliphatic carbocycles. The average Bonchev–Trinajstić information content (AvgIpc) is 3.17. The summed E-state index contributed by atoms with van der Waals surface area (Å²) in [5.41, 5.74) is 11.5. The van der Waals surface area contributed by atoms with Gasteiger partial charge in [0.05, 0.1) is 28.1 Å². The summed E-state index contributed by atoms with van der Waals surface area (Å²) >= 11 is 0. The maximum atomic E-state index is 5.23. The van der Waals surface area contributed by atoms with Gasteiger partial charge in [0, 0.05) is 39.4 Å². The standard InChI is InChI=1S/C44H29N5/c1-28-26-37(35-15-9-13-29-10-5-6-14-34(29)35)36-23-21-33-22-24-38(47-42(33)43(36)46-28)31-17-19-32(20-18-31)41-27-40(30-11-3-2-4-12-30)48-44(49-41)39-16-7-8-25-45-39/h2-27H,1H3. The van der Waals surface area contributed by atoms with Crippen LogP contribution in [0.4, 0.5) is 0 Å². The molecule has 9 aromatic rings. The highest BCUT2D eigenvalue weighted by atomic mass is 14.9. The average molecular weight is 628 g/mol. The molecule has 0 saturated heterocycles. The van der Waals surface area contributed by atoms with E-state index < -0.39 is 0 Å². The summed E-state index contributed by atoms with van der Waals surface area (Å²) in [5.74, 6) is 0.592. The van der Waals surface area contributed by atoms with Crippen molar-refractivity contribution < 1.29 is 0 Å². The number of hydrogen-bond acceptors (Lipinski definition) is 5. The second-order valence-electron chi connectivity index (χ2n) is 12.2. The highest BCUT2D eigenvalue weighted by Gasteiger charge is 2.15. The number of aromatic nitrogens is 5. The Morgan fingerprint density at radius 1 is 0.388 bits per heavy atom. The molecule has 0 fully saturated rings. The first-order valence-electron chi connectivity index (χ1n) is 16.3. The minimum atomic E-state index is 0.592. The largest absolute Gasteiger partial charge is 0.253 e. The van der Waals surface area contributed by atoms with Crippen LogP contribution in [0.15, 0.2) is 158 Å². The second-order valence-corrected chi connectivity index (χ2v) is 12.2. The lowest BCUT2D eigenvalue weighted by molar-refractivity contribution is 1.15. The van der Waals surface area contributed by atoms with Crippen LogP contribution in [0.3, 0.4) is 0 Å². The maximum absolute atomic E-state index is 5.23. The quantitative estimate of drug-likeness (QED) is 0.178. The molecule has 0 atom stereocenters. The molecule has 5 heteroatoms. The number of benzene rings is 5. The smallest absolute Gasteiger partial charge is 0.179 e. The first-order valence-corrected chi connectivity index (χ1v) is 16.3. The fraction of sp³-hybridized carbons (Fsp3) is 0.0227. The molecule has 0 spiro atoms. The fourth-order valence-electron chi connectivity index (χ4n) is 6.62. The monoisotopic (exact) mass is 627 g/mol. The van der Waals surface area contributed by atoms with Gasteiger partial charge in [-0.15, -0.1) is 0 Å². The summed E-state index contributed by atoms with van der Waals surface area (Å²) in [4.78, 5) is 24.6. The topological polar surface area (TPSA) is 64.5 Å². The van der Waals surface area contributed by atoms with Crippen LogP contribution in [-0.2, 0) is 0 Å². The number of rotatable bonds is 5. The minimum Gasteiger partial charge on any atom is -0.253 e. The van der Waals surface area contributed by atoms with Gasteiger partial charge in [0.1, 0.15) is 5.69 Å². The lowest BCUT2D eigenvalue weighted by Gasteiger charge is -2.13. The molecule has 0 amide bonds. The maximum Gasteiger partial charge on any atom is 0.179 e. The van der Waals surface area contributed by atoms with Gasteiger partial charge in [0.2, 0.25) is 0 Å². The van der Waals surface area contributed by atoms with Gasteiger partial charge >= 0.3 is 0 Å².